The minimum atomic E-state index is -1.16. The van der Waals surface area contributed by atoms with E-state index < -0.39 is 18.1 Å². The maximum absolute atomic E-state index is 15.0. The van der Waals surface area contributed by atoms with Crippen molar-refractivity contribution in [3.8, 4) is 5.75 Å². The Morgan fingerprint density at radius 2 is 1.98 bits per heavy atom. The zero-order valence-electron chi connectivity index (χ0n) is 22.3. The van der Waals surface area contributed by atoms with Crippen LogP contribution >= 0.6 is 11.3 Å². The number of benzene rings is 2. The number of hydrogen-bond donors (Lipinski definition) is 2. The number of fused-ring (bicyclic) bond motifs is 1. The zero-order chi connectivity index (χ0) is 28.8. The van der Waals surface area contributed by atoms with Gasteiger partial charge in [0, 0.05) is 38.3 Å². The van der Waals surface area contributed by atoms with Crippen LogP contribution in [0.15, 0.2) is 66.9 Å². The van der Waals surface area contributed by atoms with Gasteiger partial charge in [0.25, 0.3) is 5.91 Å². The number of carbonyl (C=O) groups excluding carboxylic acids is 2. The fourth-order valence-corrected chi connectivity index (χ4v) is 5.27. The molecule has 1 saturated heterocycles. The van der Waals surface area contributed by atoms with Crippen LogP contribution in [0.5, 0.6) is 5.75 Å². The molecular weight excluding hydrogens is 552 g/mol. The Balaban J connectivity index is 1.29. The first-order valence-electron chi connectivity index (χ1n) is 13.1. The summed E-state index contributed by atoms with van der Waals surface area (Å²) in [6, 6.07) is 14.3. The summed E-state index contributed by atoms with van der Waals surface area (Å²) in [4.78, 5) is 32.7. The van der Waals surface area contributed by atoms with Gasteiger partial charge in [0.15, 0.2) is 6.23 Å². The number of aromatic nitrogens is 1. The van der Waals surface area contributed by atoms with Gasteiger partial charge >= 0.3 is 6.03 Å². The molecule has 1 unspecified atom stereocenters. The van der Waals surface area contributed by atoms with E-state index in [0.717, 1.165) is 23.3 Å². The number of pyridine rings is 1. The summed E-state index contributed by atoms with van der Waals surface area (Å²) in [6.07, 6.45) is 1.37. The average molecular weight is 582 g/mol. The predicted octanol–water partition coefficient (Wildman–Crippen LogP) is 5.52. The van der Waals surface area contributed by atoms with E-state index in [-0.39, 0.29) is 28.2 Å². The molecule has 0 saturated carbocycles. The van der Waals surface area contributed by atoms with Crippen molar-refractivity contribution in [1.82, 2.24) is 15.2 Å². The number of nitrogens with one attached hydrogen (secondary N) is 2. The first kappa shape index (κ1) is 28.4. The average Bonchev–Trinajstić information content (AvgIpc) is 3.43. The van der Waals surface area contributed by atoms with E-state index in [4.69, 9.17) is 9.47 Å². The Bertz CT molecular complexity index is 1500. The highest BCUT2D eigenvalue weighted by atomic mass is 32.1. The van der Waals surface area contributed by atoms with Crippen LogP contribution in [0.3, 0.4) is 0 Å². The van der Waals surface area contributed by atoms with Crippen molar-refractivity contribution in [2.75, 3.05) is 43.3 Å². The van der Waals surface area contributed by atoms with Crippen molar-refractivity contribution < 1.29 is 27.9 Å². The van der Waals surface area contributed by atoms with Gasteiger partial charge in [-0.05, 0) is 55.0 Å². The Hall–Kier alpha value is -4.13. The van der Waals surface area contributed by atoms with Gasteiger partial charge in [-0.25, -0.2) is 9.18 Å². The summed E-state index contributed by atoms with van der Waals surface area (Å²) in [5.41, 5.74) is 1.18. The number of anilines is 2. The predicted molar refractivity (Wildman–Crippen MR) is 154 cm³/mol. The zero-order valence-corrected chi connectivity index (χ0v) is 23.1. The third-order valence-corrected chi connectivity index (χ3v) is 7.57. The van der Waals surface area contributed by atoms with Crippen molar-refractivity contribution in [3.63, 3.8) is 0 Å². The minimum absolute atomic E-state index is 0.123. The number of amides is 3. The number of thiophene rings is 1. The minimum Gasteiger partial charge on any atom is -0.471 e. The number of hydrogen-bond acceptors (Lipinski definition) is 7. The monoisotopic (exact) mass is 581 g/mol. The maximum Gasteiger partial charge on any atom is 0.354 e. The molecule has 3 heterocycles. The van der Waals surface area contributed by atoms with E-state index in [1.54, 1.807) is 31.3 Å². The van der Waals surface area contributed by atoms with Crippen LogP contribution < -0.4 is 20.5 Å². The van der Waals surface area contributed by atoms with Crippen LogP contribution in [0.2, 0.25) is 0 Å². The lowest BCUT2D eigenvalue weighted by Gasteiger charge is -2.29. The summed E-state index contributed by atoms with van der Waals surface area (Å²) < 4.78 is 41.5. The quantitative estimate of drug-likeness (QED) is 0.200. The van der Waals surface area contributed by atoms with Gasteiger partial charge in [-0.1, -0.05) is 16.6 Å². The molecule has 3 amide bonds. The highest BCUT2D eigenvalue weighted by Gasteiger charge is 2.22. The second-order valence-electron chi connectivity index (χ2n) is 9.51. The van der Waals surface area contributed by atoms with E-state index in [2.05, 4.69) is 20.5 Å². The topological polar surface area (TPSA) is 96.0 Å². The van der Waals surface area contributed by atoms with Crippen molar-refractivity contribution in [3.05, 3.63) is 83.1 Å². The Labute approximate surface area is 239 Å². The summed E-state index contributed by atoms with van der Waals surface area (Å²) in [6.45, 7) is 5.18. The number of morpholine rings is 1. The highest BCUT2D eigenvalue weighted by molar-refractivity contribution is 7.20. The van der Waals surface area contributed by atoms with Gasteiger partial charge in [0.2, 0.25) is 0 Å². The van der Waals surface area contributed by atoms with Gasteiger partial charge < -0.3 is 20.1 Å². The summed E-state index contributed by atoms with van der Waals surface area (Å²) >= 11 is 1.33. The summed E-state index contributed by atoms with van der Waals surface area (Å²) in [7, 11) is 0. The van der Waals surface area contributed by atoms with Crippen LogP contribution in [0.25, 0.3) is 10.2 Å². The number of nitrogens with zero attached hydrogens (tertiary/aromatic N) is 3. The third kappa shape index (κ3) is 7.34. The van der Waals surface area contributed by atoms with Crippen molar-refractivity contribution >= 4 is 44.9 Å². The fraction of sp³-hybridized carbons (Fsp3) is 0.276. The second kappa shape index (κ2) is 13.0. The molecule has 0 radical (unpaired) electrons. The Morgan fingerprint density at radius 1 is 1.15 bits per heavy atom. The molecule has 1 aliphatic heterocycles. The van der Waals surface area contributed by atoms with Crippen LogP contribution in [0.1, 0.15) is 21.7 Å². The lowest BCUT2D eigenvalue weighted by atomic mass is 10.2. The van der Waals surface area contributed by atoms with Gasteiger partial charge in [0.05, 0.1) is 39.7 Å². The molecule has 1 atom stereocenters. The number of ether oxygens (including phenoxy) is 2. The lowest BCUT2D eigenvalue weighted by Crippen LogP contribution is -2.43. The molecule has 9 nitrogen and oxygen atoms in total. The molecule has 214 valence electrons. The van der Waals surface area contributed by atoms with Gasteiger partial charge in [0.1, 0.15) is 11.6 Å². The SMILES string of the molecule is Cc1ccc(F)c(NC(=O)N(F)c2cccc(OC(CCN3CCOCC3)NC(=O)c3cc4ncccc4s3)c2)c1. The molecule has 2 aromatic carbocycles. The molecule has 41 heavy (non-hydrogen) atoms. The number of halogens is 2. The lowest BCUT2D eigenvalue weighted by molar-refractivity contribution is 0.0293. The molecule has 2 aromatic heterocycles. The number of urea groups is 1. The molecule has 0 spiro atoms. The first-order chi connectivity index (χ1) is 19.9. The van der Waals surface area contributed by atoms with Crippen molar-refractivity contribution in [1.29, 1.82) is 0 Å². The van der Waals surface area contributed by atoms with Gasteiger partial charge in [-0.2, -0.15) is 0 Å². The standard InChI is InChI=1S/C29H29F2N5O4S/c1-19-7-8-22(30)23(16-19)33-29(38)36(31)20-4-2-5-21(17-20)40-27(9-11-35-12-14-39-15-13-35)34-28(37)26-18-24-25(41-26)6-3-10-32-24/h2-8,10,16-18,27H,9,11-15H2,1H3,(H,33,38)(H,34,37). The van der Waals surface area contributed by atoms with Crippen molar-refractivity contribution in [2.24, 2.45) is 0 Å². The molecule has 0 bridgehead atoms. The number of aryl methyl sites for hydroxylation is 1. The van der Waals surface area contributed by atoms with Gasteiger partial charge in [-0.15, -0.1) is 16.5 Å². The van der Waals surface area contributed by atoms with Crippen LogP contribution in [0, 0.1) is 12.7 Å². The van der Waals surface area contributed by atoms with Crippen LogP contribution in [0.4, 0.5) is 25.0 Å². The summed E-state index contributed by atoms with van der Waals surface area (Å²) in [5.74, 6) is -0.754. The van der Waals surface area contributed by atoms with E-state index >= 15 is 4.48 Å². The molecule has 5 rings (SSSR count). The van der Waals surface area contributed by atoms with Crippen LogP contribution in [-0.4, -0.2) is 60.9 Å². The smallest absolute Gasteiger partial charge is 0.354 e. The highest BCUT2D eigenvalue weighted by Crippen LogP contribution is 2.26. The van der Waals surface area contributed by atoms with E-state index in [0.29, 0.717) is 36.6 Å². The van der Waals surface area contributed by atoms with Gasteiger partial charge in [-0.3, -0.25) is 14.7 Å². The fourth-order valence-electron chi connectivity index (χ4n) is 4.34. The number of carbonyl (C=O) groups is 2. The molecule has 0 aliphatic carbocycles. The molecule has 1 fully saturated rings. The molecular formula is C29H29F2N5O4S. The molecule has 1 aliphatic rings. The summed E-state index contributed by atoms with van der Waals surface area (Å²) in [5, 5.41) is 5.05. The molecule has 2 N–H and O–H groups in total. The van der Waals surface area contributed by atoms with Crippen LogP contribution in [-0.2, 0) is 4.74 Å². The maximum atomic E-state index is 15.0. The number of rotatable bonds is 9. The Kier molecular flexibility index (Phi) is 9.02. The first-order valence-corrected chi connectivity index (χ1v) is 13.9. The molecule has 12 heteroatoms. The van der Waals surface area contributed by atoms with E-state index in [1.807, 2.05) is 12.1 Å². The third-order valence-electron chi connectivity index (χ3n) is 6.48. The normalized spacial score (nSPS) is 14.4. The molecule has 4 aromatic rings. The van der Waals surface area contributed by atoms with E-state index in [9.17, 15) is 14.0 Å². The van der Waals surface area contributed by atoms with E-state index in [1.165, 1.54) is 41.7 Å². The second-order valence-corrected chi connectivity index (χ2v) is 10.6. The largest absolute Gasteiger partial charge is 0.471 e. The Morgan fingerprint density at radius 3 is 2.78 bits per heavy atom. The van der Waals surface area contributed by atoms with Crippen molar-refractivity contribution in [2.45, 2.75) is 19.6 Å².